The molecule has 0 saturated heterocycles. The molecule has 2 aliphatic carbocycles. The van der Waals surface area contributed by atoms with Gasteiger partial charge in [-0.3, -0.25) is 0 Å². The number of hydrogen-bond acceptors (Lipinski definition) is 3. The number of benzene rings is 7. The van der Waals surface area contributed by atoms with E-state index in [0.717, 1.165) is 50.2 Å². The summed E-state index contributed by atoms with van der Waals surface area (Å²) in [4.78, 5) is 2.50. The van der Waals surface area contributed by atoms with Crippen molar-refractivity contribution in [3.63, 3.8) is 0 Å². The van der Waals surface area contributed by atoms with Crippen LogP contribution in [-0.4, -0.2) is 0 Å². The van der Waals surface area contributed by atoms with Gasteiger partial charge in [-0.1, -0.05) is 142 Å². The minimum atomic E-state index is -0.255. The van der Waals surface area contributed by atoms with Gasteiger partial charge in [0.2, 0.25) is 0 Å². The summed E-state index contributed by atoms with van der Waals surface area (Å²) in [5.74, 6) is 0. The highest BCUT2D eigenvalue weighted by molar-refractivity contribution is 6.15. The molecule has 2 aromatic heterocycles. The number of furan rings is 2. The van der Waals surface area contributed by atoms with E-state index in [2.05, 4.69) is 202 Å². The predicted octanol–water partition coefficient (Wildman–Crippen LogP) is 16.2. The normalized spacial score (nSPS) is 15.2. The maximum absolute atomic E-state index is 7.03. The third-order valence-corrected chi connectivity index (χ3v) is 13.7. The van der Waals surface area contributed by atoms with Gasteiger partial charge in [-0.15, -0.1) is 0 Å². The zero-order valence-electron chi connectivity index (χ0n) is 35.9. The second-order valence-corrected chi connectivity index (χ2v) is 20.2. The predicted molar refractivity (Wildman–Crippen MR) is 248 cm³/mol. The van der Waals surface area contributed by atoms with Crippen LogP contribution in [0.4, 0.5) is 17.1 Å². The van der Waals surface area contributed by atoms with Crippen LogP contribution < -0.4 is 4.90 Å². The monoisotopic (exact) mass is 769 g/mol. The van der Waals surface area contributed by atoms with Crippen LogP contribution in [-0.2, 0) is 21.7 Å². The van der Waals surface area contributed by atoms with Gasteiger partial charge in [0, 0.05) is 43.8 Å². The molecule has 0 amide bonds. The highest BCUT2D eigenvalue weighted by Gasteiger charge is 2.41. The molecule has 59 heavy (non-hydrogen) atoms. The van der Waals surface area contributed by atoms with Crippen LogP contribution in [0.3, 0.4) is 0 Å². The Morgan fingerprint density at radius 3 is 1.92 bits per heavy atom. The molecule has 292 valence electrons. The summed E-state index contributed by atoms with van der Waals surface area (Å²) >= 11 is 0. The van der Waals surface area contributed by atoms with Crippen LogP contribution in [0.1, 0.15) is 103 Å². The van der Waals surface area contributed by atoms with E-state index in [1.165, 1.54) is 66.4 Å². The van der Waals surface area contributed by atoms with E-state index in [1.807, 2.05) is 0 Å². The molecule has 0 bridgehead atoms. The van der Waals surface area contributed by atoms with Crippen molar-refractivity contribution in [2.45, 2.75) is 90.9 Å². The zero-order chi connectivity index (χ0) is 41.0. The van der Waals surface area contributed by atoms with Gasteiger partial charge < -0.3 is 13.7 Å². The van der Waals surface area contributed by atoms with Crippen LogP contribution in [0, 0.1) is 0 Å². The first-order valence-corrected chi connectivity index (χ1v) is 21.2. The minimum Gasteiger partial charge on any atom is -0.456 e. The lowest BCUT2D eigenvalue weighted by Crippen LogP contribution is -2.17. The summed E-state index contributed by atoms with van der Waals surface area (Å²) in [7, 11) is 0. The molecule has 2 heterocycles. The number of anilines is 3. The number of fused-ring (bicyclic) bond motifs is 12. The fraction of sp³-hybridized carbons (Fsp3) is 0.250. The Balaban J connectivity index is 1.21. The molecule has 2 aliphatic rings. The molecule has 0 N–H and O–H groups in total. The molecule has 0 radical (unpaired) electrons. The van der Waals surface area contributed by atoms with Crippen molar-refractivity contribution in [2.75, 3.05) is 4.90 Å². The lowest BCUT2D eigenvalue weighted by molar-refractivity contribution is 0.559. The number of hydrogen-bond donors (Lipinski definition) is 0. The summed E-state index contributed by atoms with van der Waals surface area (Å²) in [6, 6.07) is 47.4. The summed E-state index contributed by atoms with van der Waals surface area (Å²) in [5, 5.41) is 4.61. The molecule has 11 rings (SSSR count). The maximum atomic E-state index is 7.03. The molecule has 0 atom stereocenters. The fourth-order valence-corrected chi connectivity index (χ4v) is 10.5. The van der Waals surface area contributed by atoms with E-state index < -0.39 is 0 Å². The fourth-order valence-electron chi connectivity index (χ4n) is 10.5. The lowest BCUT2D eigenvalue weighted by atomic mass is 9.79. The van der Waals surface area contributed by atoms with Gasteiger partial charge in [-0.05, 0) is 110 Å². The molecule has 0 fully saturated rings. The van der Waals surface area contributed by atoms with Crippen LogP contribution in [0.2, 0.25) is 0 Å². The molecule has 0 unspecified atom stereocenters. The van der Waals surface area contributed by atoms with Gasteiger partial charge in [0.1, 0.15) is 22.3 Å². The Hall–Kier alpha value is -6.06. The molecular weight excluding hydrogens is 719 g/mol. The van der Waals surface area contributed by atoms with E-state index in [4.69, 9.17) is 8.83 Å². The third-order valence-electron chi connectivity index (χ3n) is 13.7. The molecule has 3 heteroatoms. The van der Waals surface area contributed by atoms with Gasteiger partial charge in [-0.2, -0.15) is 0 Å². The highest BCUT2D eigenvalue weighted by Crippen LogP contribution is 2.58. The number of para-hydroxylation sites is 1. The topological polar surface area (TPSA) is 29.5 Å². The third kappa shape index (κ3) is 5.00. The Morgan fingerprint density at radius 1 is 0.458 bits per heavy atom. The van der Waals surface area contributed by atoms with Crippen molar-refractivity contribution in [1.82, 2.24) is 0 Å². The van der Waals surface area contributed by atoms with Crippen molar-refractivity contribution in [3.8, 4) is 22.3 Å². The summed E-state index contributed by atoms with van der Waals surface area (Å²) in [5.41, 5.74) is 19.6. The van der Waals surface area contributed by atoms with E-state index in [-0.39, 0.29) is 21.7 Å². The zero-order valence-corrected chi connectivity index (χ0v) is 35.9. The number of rotatable bonds is 3. The molecule has 3 nitrogen and oxygen atoms in total. The summed E-state index contributed by atoms with van der Waals surface area (Å²) < 4.78 is 13.6. The first-order valence-electron chi connectivity index (χ1n) is 21.2. The van der Waals surface area contributed by atoms with Crippen molar-refractivity contribution < 1.29 is 8.83 Å². The molecule has 9 aromatic rings. The standard InChI is InChI=1S/C56H51NO2/c1-53(2,3)32-27-38-37-30-43-39(31-49(37)59-52(38)44(28-32)54(4,5)6)50-41(56(43,9)10)20-15-21-45(50)57(46-22-16-24-48-51(46)36-18-12-14-23-47(36)58-48)33-25-26-35-34-17-11-13-19-40(34)55(7,8)42(35)29-33/h11-31H,1-10H3. The van der Waals surface area contributed by atoms with E-state index in [9.17, 15) is 0 Å². The molecule has 0 spiro atoms. The molecule has 0 aliphatic heterocycles. The van der Waals surface area contributed by atoms with Gasteiger partial charge in [0.05, 0.1) is 16.8 Å². The SMILES string of the molecule is CC(C)(C)c1cc(C(C)(C)C)c2oc3cc4c(cc3c2c1)C(C)(C)c1cccc(N(c2ccc3c(c2)C(C)(C)c2ccccc2-3)c2cccc3oc5ccccc5c23)c1-4. The molecular formula is C56H51NO2. The second-order valence-electron chi connectivity index (χ2n) is 20.2. The Bertz CT molecular complexity index is 3240. The van der Waals surface area contributed by atoms with Crippen LogP contribution in [0.5, 0.6) is 0 Å². The Kier molecular flexibility index (Phi) is 7.20. The highest BCUT2D eigenvalue weighted by atomic mass is 16.3. The number of nitrogens with zero attached hydrogens (tertiary/aromatic N) is 1. The van der Waals surface area contributed by atoms with Gasteiger partial charge in [-0.25, -0.2) is 0 Å². The first kappa shape index (κ1) is 36.1. The van der Waals surface area contributed by atoms with Crippen LogP contribution in [0.15, 0.2) is 136 Å². The van der Waals surface area contributed by atoms with E-state index >= 15 is 0 Å². The summed E-state index contributed by atoms with van der Waals surface area (Å²) in [6.07, 6.45) is 0. The van der Waals surface area contributed by atoms with E-state index in [1.54, 1.807) is 0 Å². The van der Waals surface area contributed by atoms with Crippen LogP contribution >= 0.6 is 0 Å². The van der Waals surface area contributed by atoms with Crippen molar-refractivity contribution in [2.24, 2.45) is 0 Å². The molecule has 7 aromatic carbocycles. The maximum Gasteiger partial charge on any atom is 0.139 e. The smallest absolute Gasteiger partial charge is 0.139 e. The Morgan fingerprint density at radius 2 is 1.12 bits per heavy atom. The average Bonchev–Trinajstić information content (AvgIpc) is 3.89. The van der Waals surface area contributed by atoms with Gasteiger partial charge in [0.15, 0.2) is 0 Å². The quantitative estimate of drug-likeness (QED) is 0.179. The van der Waals surface area contributed by atoms with Gasteiger partial charge in [0.25, 0.3) is 0 Å². The second kappa shape index (κ2) is 11.8. The van der Waals surface area contributed by atoms with E-state index in [0.29, 0.717) is 0 Å². The summed E-state index contributed by atoms with van der Waals surface area (Å²) in [6.45, 7) is 23.3. The van der Waals surface area contributed by atoms with Crippen LogP contribution in [0.25, 0.3) is 66.1 Å². The van der Waals surface area contributed by atoms with Crippen molar-refractivity contribution >= 4 is 60.9 Å². The van der Waals surface area contributed by atoms with Crippen molar-refractivity contribution in [3.05, 3.63) is 161 Å². The van der Waals surface area contributed by atoms with Crippen molar-refractivity contribution in [1.29, 1.82) is 0 Å². The first-order chi connectivity index (χ1) is 28.0. The van der Waals surface area contributed by atoms with Gasteiger partial charge >= 0.3 is 0 Å². The largest absolute Gasteiger partial charge is 0.456 e. The average molecular weight is 770 g/mol. The Labute approximate surface area is 347 Å². The minimum absolute atomic E-state index is 0.00110. The lowest BCUT2D eigenvalue weighted by Gasteiger charge is -2.31. The molecule has 0 saturated carbocycles.